The normalized spacial score (nSPS) is 47.1. The standard InChI is InChI=1S/C16H22OSi/c1-14-10-15(2)16(14,11-17-18(15,3)4)9-12-7-5-6-8-13(12)14/h5-8H,9-11H2,1-4H3/t14-,15+,16-/m1/s1. The third-order valence-corrected chi connectivity index (χ3v) is 11.1. The molecule has 3 aliphatic rings. The highest BCUT2D eigenvalue weighted by Crippen LogP contribution is 2.82. The first-order valence-corrected chi connectivity index (χ1v) is 10.00. The molecule has 0 bridgehead atoms. The lowest BCUT2D eigenvalue weighted by molar-refractivity contribution is -0.0340. The Morgan fingerprint density at radius 3 is 2.61 bits per heavy atom. The van der Waals surface area contributed by atoms with Crippen LogP contribution in [-0.4, -0.2) is 14.9 Å². The maximum Gasteiger partial charge on any atom is 0.193 e. The minimum atomic E-state index is -1.53. The number of rotatable bonds is 0. The fourth-order valence-electron chi connectivity index (χ4n) is 5.45. The smallest absolute Gasteiger partial charge is 0.193 e. The molecule has 1 saturated carbocycles. The van der Waals surface area contributed by atoms with Gasteiger partial charge in [0.15, 0.2) is 8.32 Å². The van der Waals surface area contributed by atoms with Gasteiger partial charge < -0.3 is 4.43 Å². The van der Waals surface area contributed by atoms with Crippen LogP contribution in [0.4, 0.5) is 0 Å². The van der Waals surface area contributed by atoms with Gasteiger partial charge in [-0.1, -0.05) is 38.1 Å². The molecule has 2 fully saturated rings. The van der Waals surface area contributed by atoms with Crippen molar-refractivity contribution in [2.24, 2.45) is 5.41 Å². The zero-order valence-electron chi connectivity index (χ0n) is 11.8. The quantitative estimate of drug-likeness (QED) is 0.642. The first kappa shape index (κ1) is 11.2. The third kappa shape index (κ3) is 0.847. The highest BCUT2D eigenvalue weighted by molar-refractivity contribution is 6.75. The molecule has 1 nitrogen and oxygen atoms in total. The summed E-state index contributed by atoms with van der Waals surface area (Å²) in [5.41, 5.74) is 3.97. The van der Waals surface area contributed by atoms with Crippen molar-refractivity contribution in [2.45, 2.75) is 50.2 Å². The van der Waals surface area contributed by atoms with E-state index in [9.17, 15) is 0 Å². The van der Waals surface area contributed by atoms with Crippen molar-refractivity contribution in [3.8, 4) is 0 Å². The second-order valence-corrected chi connectivity index (χ2v) is 12.0. The van der Waals surface area contributed by atoms with Gasteiger partial charge in [-0.25, -0.2) is 0 Å². The topological polar surface area (TPSA) is 9.23 Å². The molecule has 0 aromatic heterocycles. The molecule has 0 unspecified atom stereocenters. The van der Waals surface area contributed by atoms with Crippen LogP contribution in [-0.2, 0) is 16.3 Å². The zero-order chi connectivity index (χ0) is 12.8. The maximum atomic E-state index is 6.37. The van der Waals surface area contributed by atoms with Gasteiger partial charge in [0, 0.05) is 17.4 Å². The highest BCUT2D eigenvalue weighted by Gasteiger charge is 2.80. The summed E-state index contributed by atoms with van der Waals surface area (Å²) in [5, 5.41) is 0.466. The molecule has 1 heterocycles. The summed E-state index contributed by atoms with van der Waals surface area (Å²) < 4.78 is 6.37. The zero-order valence-corrected chi connectivity index (χ0v) is 12.8. The molecule has 2 aliphatic carbocycles. The van der Waals surface area contributed by atoms with Gasteiger partial charge in [0.2, 0.25) is 0 Å². The van der Waals surface area contributed by atoms with Gasteiger partial charge in [0.1, 0.15) is 0 Å². The van der Waals surface area contributed by atoms with E-state index in [1.165, 1.54) is 12.8 Å². The van der Waals surface area contributed by atoms with Crippen LogP contribution in [0, 0.1) is 5.41 Å². The average molecular weight is 258 g/mol. The Morgan fingerprint density at radius 1 is 1.17 bits per heavy atom. The Bertz CT molecular complexity index is 552. The van der Waals surface area contributed by atoms with E-state index >= 15 is 0 Å². The van der Waals surface area contributed by atoms with Crippen LogP contribution in [0.5, 0.6) is 0 Å². The molecule has 0 N–H and O–H groups in total. The Labute approximate surface area is 111 Å². The summed E-state index contributed by atoms with van der Waals surface area (Å²) in [4.78, 5) is 0. The van der Waals surface area contributed by atoms with Crippen LogP contribution in [0.2, 0.25) is 18.1 Å². The Kier molecular flexibility index (Phi) is 1.74. The summed E-state index contributed by atoms with van der Waals surface area (Å²) in [7, 11) is -1.53. The molecule has 1 spiro atoms. The summed E-state index contributed by atoms with van der Waals surface area (Å²) in [6, 6.07) is 9.09. The predicted molar refractivity (Wildman–Crippen MR) is 76.3 cm³/mol. The van der Waals surface area contributed by atoms with Crippen LogP contribution in [0.15, 0.2) is 24.3 Å². The second kappa shape index (κ2) is 2.78. The lowest BCUT2D eigenvalue weighted by Gasteiger charge is -2.65. The molecule has 1 aliphatic heterocycles. The van der Waals surface area contributed by atoms with E-state index in [-0.39, 0.29) is 0 Å². The largest absolute Gasteiger partial charge is 0.416 e. The Balaban J connectivity index is 1.92. The summed E-state index contributed by atoms with van der Waals surface area (Å²) in [6.07, 6.45) is 2.57. The molecule has 1 saturated heterocycles. The Morgan fingerprint density at radius 2 is 1.89 bits per heavy atom. The Hall–Kier alpha value is -0.603. The van der Waals surface area contributed by atoms with E-state index in [4.69, 9.17) is 4.43 Å². The van der Waals surface area contributed by atoms with Crippen LogP contribution in [0.1, 0.15) is 31.4 Å². The molecule has 0 amide bonds. The molecule has 3 atom stereocenters. The van der Waals surface area contributed by atoms with Gasteiger partial charge in [0.25, 0.3) is 0 Å². The fourth-order valence-corrected chi connectivity index (χ4v) is 8.74. The van der Waals surface area contributed by atoms with Crippen molar-refractivity contribution in [3.63, 3.8) is 0 Å². The van der Waals surface area contributed by atoms with Crippen molar-refractivity contribution in [1.82, 2.24) is 0 Å². The number of hydrogen-bond donors (Lipinski definition) is 0. The second-order valence-electron chi connectivity index (χ2n) is 7.56. The average Bonchev–Trinajstić information content (AvgIpc) is 2.61. The number of fused-ring (bicyclic) bond motifs is 2. The predicted octanol–water partition coefficient (Wildman–Crippen LogP) is 3.89. The SMILES string of the molecule is C[C@]12C[C@]3(C)c4ccccc4C[C@]13CO[Si]2(C)C. The van der Waals surface area contributed by atoms with Crippen molar-refractivity contribution < 1.29 is 4.43 Å². The van der Waals surface area contributed by atoms with Gasteiger partial charge >= 0.3 is 0 Å². The van der Waals surface area contributed by atoms with E-state index in [0.717, 1.165) is 6.61 Å². The summed E-state index contributed by atoms with van der Waals surface area (Å²) >= 11 is 0. The number of benzene rings is 1. The van der Waals surface area contributed by atoms with Crippen molar-refractivity contribution in [3.05, 3.63) is 35.4 Å². The van der Waals surface area contributed by atoms with Gasteiger partial charge in [-0.2, -0.15) is 0 Å². The number of hydrogen-bond acceptors (Lipinski definition) is 1. The van der Waals surface area contributed by atoms with E-state index in [2.05, 4.69) is 51.2 Å². The first-order chi connectivity index (χ1) is 8.36. The fraction of sp³-hybridized carbons (Fsp3) is 0.625. The summed E-state index contributed by atoms with van der Waals surface area (Å²) in [6.45, 7) is 10.8. The lowest BCUT2D eigenvalue weighted by Crippen LogP contribution is -2.64. The molecule has 0 radical (unpaired) electrons. The first-order valence-electron chi connectivity index (χ1n) is 7.09. The van der Waals surface area contributed by atoms with E-state index in [1.54, 1.807) is 11.1 Å². The highest BCUT2D eigenvalue weighted by atomic mass is 28.4. The molecular weight excluding hydrogens is 236 g/mol. The monoisotopic (exact) mass is 258 g/mol. The van der Waals surface area contributed by atoms with Gasteiger partial charge in [-0.15, -0.1) is 0 Å². The minimum absolute atomic E-state index is 0.374. The van der Waals surface area contributed by atoms with Gasteiger partial charge in [0.05, 0.1) is 0 Å². The van der Waals surface area contributed by atoms with Crippen molar-refractivity contribution in [1.29, 1.82) is 0 Å². The van der Waals surface area contributed by atoms with E-state index < -0.39 is 8.32 Å². The molecule has 1 aromatic rings. The molecule has 1 aromatic carbocycles. The van der Waals surface area contributed by atoms with Gasteiger partial charge in [-0.3, -0.25) is 0 Å². The van der Waals surface area contributed by atoms with Crippen LogP contribution >= 0.6 is 0 Å². The lowest BCUT2D eigenvalue weighted by atomic mass is 9.45. The van der Waals surface area contributed by atoms with Crippen LogP contribution in [0.3, 0.4) is 0 Å². The molecular formula is C16H22OSi. The van der Waals surface area contributed by atoms with Crippen LogP contribution in [0.25, 0.3) is 0 Å². The molecule has 2 heteroatoms. The van der Waals surface area contributed by atoms with Gasteiger partial charge in [-0.05, 0) is 42.1 Å². The van der Waals surface area contributed by atoms with Crippen molar-refractivity contribution >= 4 is 8.32 Å². The molecule has 18 heavy (non-hydrogen) atoms. The van der Waals surface area contributed by atoms with E-state index in [1.807, 2.05) is 0 Å². The summed E-state index contributed by atoms with van der Waals surface area (Å²) in [5.74, 6) is 0. The third-order valence-electron chi connectivity index (χ3n) is 6.93. The molecule has 96 valence electrons. The van der Waals surface area contributed by atoms with E-state index in [0.29, 0.717) is 15.9 Å². The maximum absolute atomic E-state index is 6.37. The molecule has 4 rings (SSSR count). The minimum Gasteiger partial charge on any atom is -0.416 e. The van der Waals surface area contributed by atoms with Crippen molar-refractivity contribution in [2.75, 3.05) is 6.61 Å². The van der Waals surface area contributed by atoms with Crippen LogP contribution < -0.4 is 0 Å².